The molecule has 2 aromatic heterocycles. The molecule has 4 rings (SSSR count). The summed E-state index contributed by atoms with van der Waals surface area (Å²) < 4.78 is 14.9. The maximum Gasteiger partial charge on any atom is 0.260 e. The molecule has 0 radical (unpaired) electrons. The van der Waals surface area contributed by atoms with Crippen LogP contribution in [0, 0.1) is 5.82 Å². The number of carbonyl (C=O) groups excluding carboxylic acids is 1. The van der Waals surface area contributed by atoms with E-state index >= 15 is 0 Å². The highest BCUT2D eigenvalue weighted by molar-refractivity contribution is 7.15. The van der Waals surface area contributed by atoms with Gasteiger partial charge in [-0.3, -0.25) is 15.0 Å². The van der Waals surface area contributed by atoms with E-state index in [-0.39, 0.29) is 11.7 Å². The Morgan fingerprint density at radius 2 is 2.07 bits per heavy atom. The highest BCUT2D eigenvalue weighted by atomic mass is 32.1. The second-order valence-electron chi connectivity index (χ2n) is 6.71. The second kappa shape index (κ2) is 7.81. The lowest BCUT2D eigenvalue weighted by molar-refractivity contribution is 0.102. The first-order valence-electron chi connectivity index (χ1n) is 9.44. The first-order chi connectivity index (χ1) is 13.6. The summed E-state index contributed by atoms with van der Waals surface area (Å²) in [6.45, 7) is 7.03. The average molecular weight is 399 g/mol. The zero-order chi connectivity index (χ0) is 19.7. The summed E-state index contributed by atoms with van der Waals surface area (Å²) in [5, 5.41) is 7.91. The van der Waals surface area contributed by atoms with Gasteiger partial charge < -0.3 is 0 Å². The van der Waals surface area contributed by atoms with Crippen LogP contribution < -0.4 is 5.32 Å². The summed E-state index contributed by atoms with van der Waals surface area (Å²) in [6.07, 6.45) is 3.10. The zero-order valence-corrected chi connectivity index (χ0v) is 16.7. The van der Waals surface area contributed by atoms with Gasteiger partial charge in [-0.1, -0.05) is 13.8 Å². The summed E-state index contributed by atoms with van der Waals surface area (Å²) >= 11 is 1.54. The first kappa shape index (κ1) is 18.8. The fourth-order valence-corrected chi connectivity index (χ4v) is 4.49. The van der Waals surface area contributed by atoms with Crippen LogP contribution in [0.3, 0.4) is 0 Å². The highest BCUT2D eigenvalue weighted by Crippen LogP contribution is 2.29. The van der Waals surface area contributed by atoms with Crippen molar-refractivity contribution in [3.05, 3.63) is 58.1 Å². The Morgan fingerprint density at radius 1 is 1.29 bits per heavy atom. The molecule has 6 nitrogen and oxygen atoms in total. The molecule has 0 saturated heterocycles. The molecule has 0 saturated carbocycles. The Kier molecular flexibility index (Phi) is 5.23. The van der Waals surface area contributed by atoms with Crippen molar-refractivity contribution in [2.75, 3.05) is 18.4 Å². The van der Waals surface area contributed by atoms with E-state index in [1.807, 2.05) is 6.92 Å². The molecule has 1 aliphatic heterocycles. The number of nitrogens with one attached hydrogen (secondary N) is 1. The number of hydrogen-bond acceptors (Lipinski definition) is 5. The number of likely N-dealkylation sites (N-methyl/N-ethyl adjacent to an activating group) is 1. The van der Waals surface area contributed by atoms with Gasteiger partial charge in [0.2, 0.25) is 0 Å². The van der Waals surface area contributed by atoms with Gasteiger partial charge in [-0.05, 0) is 37.2 Å². The molecule has 0 unspecified atom stereocenters. The van der Waals surface area contributed by atoms with Gasteiger partial charge in [-0.25, -0.2) is 14.1 Å². The smallest absolute Gasteiger partial charge is 0.260 e. The van der Waals surface area contributed by atoms with E-state index in [4.69, 9.17) is 0 Å². The quantitative estimate of drug-likeness (QED) is 0.711. The minimum Gasteiger partial charge on any atom is -0.298 e. The van der Waals surface area contributed by atoms with E-state index in [0.717, 1.165) is 43.1 Å². The van der Waals surface area contributed by atoms with Crippen LogP contribution in [0.15, 0.2) is 30.5 Å². The molecule has 146 valence electrons. The lowest BCUT2D eigenvalue weighted by atomic mass is 10.2. The van der Waals surface area contributed by atoms with Crippen molar-refractivity contribution in [1.29, 1.82) is 0 Å². The molecule has 1 amide bonds. The van der Waals surface area contributed by atoms with Crippen LogP contribution in [0.4, 0.5) is 9.52 Å². The molecule has 1 N–H and O–H groups in total. The van der Waals surface area contributed by atoms with Gasteiger partial charge in [-0.2, -0.15) is 5.10 Å². The number of nitrogens with zero attached hydrogens (tertiary/aromatic N) is 4. The first-order valence-corrected chi connectivity index (χ1v) is 10.3. The van der Waals surface area contributed by atoms with Crippen molar-refractivity contribution in [3.8, 4) is 5.69 Å². The van der Waals surface area contributed by atoms with E-state index in [9.17, 15) is 9.18 Å². The highest BCUT2D eigenvalue weighted by Gasteiger charge is 2.22. The van der Waals surface area contributed by atoms with Crippen LogP contribution in [0.25, 0.3) is 5.69 Å². The van der Waals surface area contributed by atoms with Crippen LogP contribution in [0.1, 0.15) is 40.5 Å². The third-order valence-electron chi connectivity index (χ3n) is 5.00. The van der Waals surface area contributed by atoms with Crippen LogP contribution in [-0.4, -0.2) is 38.7 Å². The molecule has 1 aromatic carbocycles. The number of benzene rings is 1. The van der Waals surface area contributed by atoms with Gasteiger partial charge in [0.25, 0.3) is 5.91 Å². The fourth-order valence-electron chi connectivity index (χ4n) is 3.44. The largest absolute Gasteiger partial charge is 0.298 e. The summed E-state index contributed by atoms with van der Waals surface area (Å²) in [5.41, 5.74) is 3.10. The van der Waals surface area contributed by atoms with Gasteiger partial charge in [0.05, 0.1) is 28.8 Å². The Bertz CT molecular complexity index is 995. The molecule has 3 heterocycles. The number of halogens is 1. The minimum absolute atomic E-state index is 0.219. The van der Waals surface area contributed by atoms with Gasteiger partial charge in [0, 0.05) is 24.4 Å². The standard InChI is InChI=1S/C20H22FN5OS/c1-3-17-15(11-22-26(17)14-7-5-13(21)6-8-14)19(27)24-20-23-16-9-10-25(4-2)12-18(16)28-20/h5-8,11H,3-4,9-10,12H2,1-2H3,(H,23,24,27). The fraction of sp³-hybridized carbons (Fsp3) is 0.350. The third kappa shape index (κ3) is 3.57. The molecule has 0 atom stereocenters. The summed E-state index contributed by atoms with van der Waals surface area (Å²) in [4.78, 5) is 21.1. The molecule has 3 aromatic rings. The SMILES string of the molecule is CCc1c(C(=O)Nc2nc3c(s2)CN(CC)CC3)cnn1-c1ccc(F)cc1. The van der Waals surface area contributed by atoms with Crippen LogP contribution in [-0.2, 0) is 19.4 Å². The molecule has 28 heavy (non-hydrogen) atoms. The Labute approximate surface area is 167 Å². The lowest BCUT2D eigenvalue weighted by Crippen LogP contribution is -2.29. The molecule has 0 bridgehead atoms. The van der Waals surface area contributed by atoms with Gasteiger partial charge in [-0.15, -0.1) is 11.3 Å². The van der Waals surface area contributed by atoms with Crippen molar-refractivity contribution >= 4 is 22.4 Å². The molecule has 1 aliphatic rings. The van der Waals surface area contributed by atoms with Gasteiger partial charge in [0.1, 0.15) is 5.82 Å². The number of anilines is 1. The van der Waals surface area contributed by atoms with E-state index in [1.165, 1.54) is 17.0 Å². The summed E-state index contributed by atoms with van der Waals surface area (Å²) in [5.74, 6) is -0.523. The van der Waals surface area contributed by atoms with Crippen molar-refractivity contribution in [2.45, 2.75) is 33.2 Å². The number of fused-ring (bicyclic) bond motifs is 1. The normalized spacial score (nSPS) is 14.1. The maximum absolute atomic E-state index is 13.2. The van der Waals surface area contributed by atoms with Crippen LogP contribution in [0.5, 0.6) is 0 Å². The van der Waals surface area contributed by atoms with E-state index in [1.54, 1.807) is 34.3 Å². The molecule has 0 aliphatic carbocycles. The second-order valence-corrected chi connectivity index (χ2v) is 7.79. The van der Waals surface area contributed by atoms with Crippen molar-refractivity contribution in [1.82, 2.24) is 19.7 Å². The molecule has 0 fully saturated rings. The Hall–Kier alpha value is -2.58. The topological polar surface area (TPSA) is 63.1 Å². The van der Waals surface area contributed by atoms with Crippen molar-refractivity contribution in [3.63, 3.8) is 0 Å². The Balaban J connectivity index is 1.56. The predicted octanol–water partition coefficient (Wildman–Crippen LogP) is 3.66. The molecular formula is C20H22FN5OS. The number of thiazole rings is 1. The van der Waals surface area contributed by atoms with Crippen molar-refractivity contribution < 1.29 is 9.18 Å². The van der Waals surface area contributed by atoms with E-state index in [2.05, 4.69) is 27.2 Å². The van der Waals surface area contributed by atoms with Gasteiger partial charge >= 0.3 is 0 Å². The third-order valence-corrected chi connectivity index (χ3v) is 6.00. The molecule has 0 spiro atoms. The minimum atomic E-state index is -0.304. The van der Waals surface area contributed by atoms with E-state index in [0.29, 0.717) is 17.1 Å². The number of rotatable bonds is 5. The van der Waals surface area contributed by atoms with E-state index < -0.39 is 0 Å². The molecule has 8 heteroatoms. The predicted molar refractivity (Wildman–Crippen MR) is 108 cm³/mol. The Morgan fingerprint density at radius 3 is 2.79 bits per heavy atom. The average Bonchev–Trinajstić information content (AvgIpc) is 3.31. The van der Waals surface area contributed by atoms with Crippen molar-refractivity contribution in [2.24, 2.45) is 0 Å². The summed E-state index contributed by atoms with van der Waals surface area (Å²) in [7, 11) is 0. The molecular weight excluding hydrogens is 377 g/mol. The monoisotopic (exact) mass is 399 g/mol. The van der Waals surface area contributed by atoms with Gasteiger partial charge in [0.15, 0.2) is 5.13 Å². The number of amides is 1. The van der Waals surface area contributed by atoms with Crippen LogP contribution >= 0.6 is 11.3 Å². The zero-order valence-electron chi connectivity index (χ0n) is 15.9. The number of hydrogen-bond donors (Lipinski definition) is 1. The number of aromatic nitrogens is 3. The lowest BCUT2D eigenvalue weighted by Gasteiger charge is -2.23. The maximum atomic E-state index is 13.2. The summed E-state index contributed by atoms with van der Waals surface area (Å²) in [6, 6.07) is 6.07. The van der Waals surface area contributed by atoms with Crippen LogP contribution in [0.2, 0.25) is 0 Å². The number of carbonyl (C=O) groups is 1.